The molecule has 2 heterocycles. The van der Waals surface area contributed by atoms with Crippen LogP contribution in [0.15, 0.2) is 17.8 Å². The number of rotatable bonds is 2. The molecule has 1 saturated heterocycles. The fraction of sp³-hybridized carbons (Fsp3) is 0.526. The van der Waals surface area contributed by atoms with Gasteiger partial charge in [-0.2, -0.15) is 5.26 Å². The number of fused-ring (bicyclic) bond motifs is 1. The molecule has 1 aromatic heterocycles. The first-order valence-corrected chi connectivity index (χ1v) is 8.62. The van der Waals surface area contributed by atoms with E-state index in [2.05, 4.69) is 16.0 Å². The van der Waals surface area contributed by atoms with Gasteiger partial charge in [-0.1, -0.05) is 0 Å². The van der Waals surface area contributed by atoms with Crippen molar-refractivity contribution in [1.29, 1.82) is 5.26 Å². The fourth-order valence-corrected chi connectivity index (χ4v) is 3.93. The molecule has 1 spiro atoms. The van der Waals surface area contributed by atoms with E-state index in [1.807, 2.05) is 25.1 Å². The summed E-state index contributed by atoms with van der Waals surface area (Å²) >= 11 is 0. The normalized spacial score (nSPS) is 21.5. The highest BCUT2D eigenvalue weighted by molar-refractivity contribution is 6.10. The Morgan fingerprint density at radius 1 is 1.25 bits per heavy atom. The van der Waals surface area contributed by atoms with Gasteiger partial charge in [-0.3, -0.25) is 4.79 Å². The molecule has 2 aliphatic carbocycles. The first-order valence-electron chi connectivity index (χ1n) is 8.62. The summed E-state index contributed by atoms with van der Waals surface area (Å²) in [5, 5.41) is 9.60. The van der Waals surface area contributed by atoms with Crippen LogP contribution >= 0.6 is 0 Å². The van der Waals surface area contributed by atoms with Gasteiger partial charge in [0.05, 0.1) is 5.70 Å². The van der Waals surface area contributed by atoms with Gasteiger partial charge in [0.25, 0.3) is 0 Å². The number of likely N-dealkylation sites (tertiary alicyclic amines) is 1. The number of aromatic nitrogens is 1. The number of hydrogen-bond donors (Lipinski definition) is 0. The molecule has 3 aliphatic rings. The number of allylic oxidation sites excluding steroid dienone is 1. The predicted octanol–water partition coefficient (Wildman–Crippen LogP) is 2.38. The fourth-order valence-electron chi connectivity index (χ4n) is 3.93. The molecule has 5 nitrogen and oxygen atoms in total. The second kappa shape index (κ2) is 5.34. The second-order valence-electron chi connectivity index (χ2n) is 7.52. The zero-order chi connectivity index (χ0) is 16.9. The van der Waals surface area contributed by atoms with Crippen molar-refractivity contribution in [3.63, 3.8) is 0 Å². The Bertz CT molecular complexity index is 773. The molecule has 124 valence electrons. The second-order valence-corrected chi connectivity index (χ2v) is 7.52. The average molecular weight is 322 g/mol. The van der Waals surface area contributed by atoms with Gasteiger partial charge in [0, 0.05) is 45.4 Å². The largest absolute Gasteiger partial charge is 0.370 e. The summed E-state index contributed by atoms with van der Waals surface area (Å²) in [7, 11) is 3.91. The lowest BCUT2D eigenvalue weighted by molar-refractivity contribution is -0.114. The number of ketones is 1. The van der Waals surface area contributed by atoms with Crippen LogP contribution in [0.4, 0.5) is 5.82 Å². The number of carbonyl (C=O) groups is 1. The smallest absolute Gasteiger partial charge is 0.179 e. The Balaban J connectivity index is 1.78. The number of anilines is 1. The molecule has 5 heteroatoms. The molecule has 1 aliphatic heterocycles. The van der Waals surface area contributed by atoms with Gasteiger partial charge >= 0.3 is 0 Å². The number of hydrogen-bond acceptors (Lipinski definition) is 5. The van der Waals surface area contributed by atoms with Gasteiger partial charge in [0.15, 0.2) is 5.78 Å². The first-order chi connectivity index (χ1) is 11.5. The lowest BCUT2D eigenvalue weighted by atomic mass is 9.86. The maximum absolute atomic E-state index is 12.5. The van der Waals surface area contributed by atoms with Gasteiger partial charge in [0.2, 0.25) is 0 Å². The molecule has 0 amide bonds. The van der Waals surface area contributed by atoms with Gasteiger partial charge in [-0.15, -0.1) is 0 Å². The standard InChI is InChI=1S/C19H22N4O/c1-22(2)17-10-14-13(12-21-17)9-16(24)15(11-20)18(14)23-7-5-19(3-4-19)6-8-23/h10,12H,3-9H2,1-2H3. The number of pyridine rings is 1. The summed E-state index contributed by atoms with van der Waals surface area (Å²) in [6.07, 6.45) is 7.10. The van der Waals surface area contributed by atoms with Crippen LogP contribution in [0.2, 0.25) is 0 Å². The van der Waals surface area contributed by atoms with Crippen LogP contribution in [0.3, 0.4) is 0 Å². The van der Waals surface area contributed by atoms with Crippen LogP contribution in [-0.4, -0.2) is 42.9 Å². The van der Waals surface area contributed by atoms with E-state index in [1.165, 1.54) is 25.7 Å². The lowest BCUT2D eigenvalue weighted by Gasteiger charge is -2.37. The van der Waals surface area contributed by atoms with Gasteiger partial charge < -0.3 is 9.80 Å². The van der Waals surface area contributed by atoms with E-state index in [0.717, 1.165) is 35.7 Å². The van der Waals surface area contributed by atoms with Gasteiger partial charge in [0.1, 0.15) is 17.5 Å². The molecule has 1 saturated carbocycles. The molecule has 0 aromatic carbocycles. The van der Waals surface area contributed by atoms with Crippen molar-refractivity contribution in [2.75, 3.05) is 32.1 Å². The summed E-state index contributed by atoms with van der Waals surface area (Å²) in [5.74, 6) is 0.777. The van der Waals surface area contributed by atoms with E-state index in [1.54, 1.807) is 6.20 Å². The third-order valence-corrected chi connectivity index (χ3v) is 5.76. The highest BCUT2D eigenvalue weighted by Gasteiger charge is 2.45. The minimum Gasteiger partial charge on any atom is -0.370 e. The van der Waals surface area contributed by atoms with E-state index in [9.17, 15) is 10.1 Å². The number of nitriles is 1. The van der Waals surface area contributed by atoms with Crippen LogP contribution in [-0.2, 0) is 11.2 Å². The quantitative estimate of drug-likeness (QED) is 0.836. The van der Waals surface area contributed by atoms with Gasteiger partial charge in [-0.05, 0) is 42.7 Å². The van der Waals surface area contributed by atoms with Crippen molar-refractivity contribution in [3.05, 3.63) is 29.0 Å². The third kappa shape index (κ3) is 2.37. The Morgan fingerprint density at radius 3 is 2.54 bits per heavy atom. The molecule has 0 N–H and O–H groups in total. The van der Waals surface area contributed by atoms with E-state index >= 15 is 0 Å². The molecule has 4 rings (SSSR count). The van der Waals surface area contributed by atoms with Crippen LogP contribution in [0.1, 0.15) is 36.8 Å². The topological polar surface area (TPSA) is 60.2 Å². The van der Waals surface area contributed by atoms with E-state index in [-0.39, 0.29) is 12.2 Å². The van der Waals surface area contributed by atoms with E-state index < -0.39 is 0 Å². The SMILES string of the molecule is CN(C)c1cc2c(cn1)CC(=O)C(C#N)=C2N1CCC2(CC1)CC2. The zero-order valence-corrected chi connectivity index (χ0v) is 14.3. The predicted molar refractivity (Wildman–Crippen MR) is 92.3 cm³/mol. The Labute approximate surface area is 142 Å². The van der Waals surface area contributed by atoms with Crippen molar-refractivity contribution < 1.29 is 4.79 Å². The molecule has 24 heavy (non-hydrogen) atoms. The summed E-state index contributed by atoms with van der Waals surface area (Å²) in [6.45, 7) is 1.87. The number of nitrogens with zero attached hydrogens (tertiary/aromatic N) is 4. The third-order valence-electron chi connectivity index (χ3n) is 5.76. The van der Waals surface area contributed by atoms with Crippen molar-refractivity contribution in [2.45, 2.75) is 32.1 Å². The van der Waals surface area contributed by atoms with E-state index in [0.29, 0.717) is 11.0 Å². The average Bonchev–Trinajstić information content (AvgIpc) is 3.33. The van der Waals surface area contributed by atoms with Crippen LogP contribution in [0.5, 0.6) is 0 Å². The molecule has 0 bridgehead atoms. The Morgan fingerprint density at radius 2 is 1.96 bits per heavy atom. The van der Waals surface area contributed by atoms with Gasteiger partial charge in [-0.25, -0.2) is 4.98 Å². The molecule has 2 fully saturated rings. The maximum atomic E-state index is 12.5. The van der Waals surface area contributed by atoms with E-state index in [4.69, 9.17) is 0 Å². The molecular formula is C19H22N4O. The summed E-state index contributed by atoms with van der Waals surface area (Å²) in [5.41, 5.74) is 3.68. The summed E-state index contributed by atoms with van der Waals surface area (Å²) in [4.78, 5) is 21.1. The highest BCUT2D eigenvalue weighted by Crippen LogP contribution is 2.54. The molecule has 1 aromatic rings. The van der Waals surface area contributed by atoms with Crippen molar-refractivity contribution in [2.24, 2.45) is 5.41 Å². The van der Waals surface area contributed by atoms with Crippen LogP contribution in [0, 0.1) is 16.7 Å². The Hall–Kier alpha value is -2.35. The first kappa shape index (κ1) is 15.2. The lowest BCUT2D eigenvalue weighted by Crippen LogP contribution is -2.36. The summed E-state index contributed by atoms with van der Waals surface area (Å²) in [6, 6.07) is 4.21. The number of piperidine rings is 1. The van der Waals surface area contributed by atoms with Crippen molar-refractivity contribution >= 4 is 17.3 Å². The minimum absolute atomic E-state index is 0.0777. The summed E-state index contributed by atoms with van der Waals surface area (Å²) < 4.78 is 0. The molecule has 0 unspecified atom stereocenters. The van der Waals surface area contributed by atoms with Crippen LogP contribution < -0.4 is 4.90 Å². The molecule has 0 radical (unpaired) electrons. The van der Waals surface area contributed by atoms with Crippen molar-refractivity contribution in [1.82, 2.24) is 9.88 Å². The van der Waals surface area contributed by atoms with Crippen LogP contribution in [0.25, 0.3) is 5.70 Å². The Kier molecular flexibility index (Phi) is 3.38. The molecule has 0 atom stereocenters. The number of Topliss-reactive ketones (excluding diaryl/α,β-unsaturated/α-hetero) is 1. The minimum atomic E-state index is -0.0777. The number of carbonyl (C=O) groups excluding carboxylic acids is 1. The monoisotopic (exact) mass is 322 g/mol. The molecular weight excluding hydrogens is 300 g/mol. The van der Waals surface area contributed by atoms with Crippen molar-refractivity contribution in [3.8, 4) is 6.07 Å². The maximum Gasteiger partial charge on any atom is 0.179 e. The highest BCUT2D eigenvalue weighted by atomic mass is 16.1. The zero-order valence-electron chi connectivity index (χ0n) is 14.3.